The van der Waals surface area contributed by atoms with Crippen LogP contribution in [0.15, 0.2) is 12.2 Å². The van der Waals surface area contributed by atoms with Crippen LogP contribution >= 0.6 is 0 Å². The number of esters is 1. The lowest BCUT2D eigenvalue weighted by Crippen LogP contribution is -2.21. The summed E-state index contributed by atoms with van der Waals surface area (Å²) >= 11 is 0. The molecule has 0 aromatic heterocycles. The Morgan fingerprint density at radius 1 is 1.73 bits per heavy atom. The van der Waals surface area contributed by atoms with Gasteiger partial charge in [0.25, 0.3) is 0 Å². The smallest absolute Gasteiger partial charge is 0.309 e. The Hall–Kier alpha value is -0.790. The molecule has 11 heavy (non-hydrogen) atoms. The molecule has 1 spiro atoms. The fourth-order valence-electron chi connectivity index (χ4n) is 2.16. The maximum atomic E-state index is 11.0. The van der Waals surface area contributed by atoms with Gasteiger partial charge in [-0.15, -0.1) is 0 Å². The summed E-state index contributed by atoms with van der Waals surface area (Å²) in [5.74, 6) is 0.163. The zero-order valence-electron chi connectivity index (χ0n) is 6.72. The number of carbonyl (C=O) groups is 1. The van der Waals surface area contributed by atoms with Crippen molar-refractivity contribution in [1.29, 1.82) is 0 Å². The molecule has 2 aliphatic rings. The zero-order chi connectivity index (χ0) is 8.06. The minimum Gasteiger partial charge on any atom is -0.469 e. The quantitative estimate of drug-likeness (QED) is 0.420. The lowest BCUT2D eigenvalue weighted by molar-refractivity contribution is -0.143. The molecule has 1 atom stereocenters. The first-order chi connectivity index (χ1) is 5.18. The summed E-state index contributed by atoms with van der Waals surface area (Å²) in [7, 11) is 1.46. The van der Waals surface area contributed by atoms with Crippen LogP contribution in [0.5, 0.6) is 0 Å². The first-order valence-electron chi connectivity index (χ1n) is 3.92. The van der Waals surface area contributed by atoms with Crippen LogP contribution in [-0.4, -0.2) is 13.1 Å². The summed E-state index contributed by atoms with van der Waals surface area (Å²) in [4.78, 5) is 11.0. The second kappa shape index (κ2) is 1.87. The summed E-state index contributed by atoms with van der Waals surface area (Å²) in [6.45, 7) is 3.86. The van der Waals surface area contributed by atoms with Crippen molar-refractivity contribution in [1.82, 2.24) is 0 Å². The Balaban J connectivity index is 1.95. The van der Waals surface area contributed by atoms with E-state index in [0.29, 0.717) is 5.41 Å². The van der Waals surface area contributed by atoms with E-state index < -0.39 is 0 Å². The van der Waals surface area contributed by atoms with Gasteiger partial charge < -0.3 is 4.74 Å². The van der Waals surface area contributed by atoms with Gasteiger partial charge in [0.15, 0.2) is 0 Å². The first-order valence-corrected chi connectivity index (χ1v) is 3.92. The van der Waals surface area contributed by atoms with Gasteiger partial charge in [0.2, 0.25) is 0 Å². The molecule has 2 nitrogen and oxygen atoms in total. The molecule has 0 saturated heterocycles. The highest BCUT2D eigenvalue weighted by Crippen LogP contribution is 2.67. The van der Waals surface area contributed by atoms with Gasteiger partial charge >= 0.3 is 5.97 Å². The maximum Gasteiger partial charge on any atom is 0.309 e. The summed E-state index contributed by atoms with van der Waals surface area (Å²) in [6.07, 6.45) is 3.12. The number of carbonyl (C=O) groups excluding carboxylic acids is 1. The molecule has 0 N–H and O–H groups in total. The lowest BCUT2D eigenvalue weighted by atomic mass is 9.76. The van der Waals surface area contributed by atoms with Crippen LogP contribution in [0, 0.1) is 11.3 Å². The molecule has 0 bridgehead atoms. The SMILES string of the molecule is C=C1CC2(C1)CC2C(=O)OC. The average molecular weight is 152 g/mol. The molecule has 2 aliphatic carbocycles. The largest absolute Gasteiger partial charge is 0.469 e. The highest BCUT2D eigenvalue weighted by molar-refractivity contribution is 5.77. The molecule has 60 valence electrons. The second-order valence-electron chi connectivity index (χ2n) is 3.75. The first kappa shape index (κ1) is 6.89. The Labute approximate surface area is 66.2 Å². The van der Waals surface area contributed by atoms with E-state index in [1.807, 2.05) is 0 Å². The van der Waals surface area contributed by atoms with Crippen molar-refractivity contribution in [3.63, 3.8) is 0 Å². The standard InChI is InChI=1S/C9H12O2/c1-6-3-9(4-6)5-7(9)8(10)11-2/h7H,1,3-5H2,2H3. The third kappa shape index (κ3) is 0.817. The minimum atomic E-state index is -0.0301. The third-order valence-corrected chi connectivity index (χ3v) is 2.88. The third-order valence-electron chi connectivity index (χ3n) is 2.88. The Morgan fingerprint density at radius 3 is 2.82 bits per heavy atom. The van der Waals surface area contributed by atoms with E-state index in [1.165, 1.54) is 12.7 Å². The van der Waals surface area contributed by atoms with Crippen LogP contribution in [0.25, 0.3) is 0 Å². The van der Waals surface area contributed by atoms with Gasteiger partial charge in [-0.1, -0.05) is 12.2 Å². The fourth-order valence-corrected chi connectivity index (χ4v) is 2.16. The van der Waals surface area contributed by atoms with Crippen LogP contribution < -0.4 is 0 Å². The van der Waals surface area contributed by atoms with Gasteiger partial charge in [0, 0.05) is 0 Å². The number of methoxy groups -OCH3 is 1. The van der Waals surface area contributed by atoms with Crippen molar-refractivity contribution in [2.45, 2.75) is 19.3 Å². The van der Waals surface area contributed by atoms with E-state index >= 15 is 0 Å². The van der Waals surface area contributed by atoms with Crippen LogP contribution in [0.3, 0.4) is 0 Å². The molecule has 0 aromatic rings. The van der Waals surface area contributed by atoms with Crippen molar-refractivity contribution in [2.24, 2.45) is 11.3 Å². The second-order valence-corrected chi connectivity index (χ2v) is 3.75. The monoisotopic (exact) mass is 152 g/mol. The Morgan fingerprint density at radius 2 is 2.36 bits per heavy atom. The number of hydrogen-bond donors (Lipinski definition) is 0. The molecular weight excluding hydrogens is 140 g/mol. The average Bonchev–Trinajstić information content (AvgIpc) is 2.61. The van der Waals surface area contributed by atoms with E-state index in [0.717, 1.165) is 19.3 Å². The predicted octanol–water partition coefficient (Wildman–Crippen LogP) is 1.52. The highest BCUT2D eigenvalue weighted by atomic mass is 16.5. The molecule has 1 unspecified atom stereocenters. The predicted molar refractivity (Wildman–Crippen MR) is 40.9 cm³/mol. The highest BCUT2D eigenvalue weighted by Gasteiger charge is 2.63. The molecule has 0 aliphatic heterocycles. The van der Waals surface area contributed by atoms with Crippen molar-refractivity contribution in [3.8, 4) is 0 Å². The van der Waals surface area contributed by atoms with Crippen LogP contribution in [-0.2, 0) is 9.53 Å². The van der Waals surface area contributed by atoms with Gasteiger partial charge in [-0.05, 0) is 24.7 Å². The molecule has 0 radical (unpaired) electrons. The molecule has 0 amide bonds. The molecule has 2 saturated carbocycles. The van der Waals surface area contributed by atoms with E-state index in [4.69, 9.17) is 0 Å². The summed E-state index contributed by atoms with van der Waals surface area (Å²) in [6, 6.07) is 0. The summed E-state index contributed by atoms with van der Waals surface area (Å²) in [5, 5.41) is 0. The van der Waals surface area contributed by atoms with Crippen molar-refractivity contribution in [2.75, 3.05) is 7.11 Å². The number of rotatable bonds is 1. The van der Waals surface area contributed by atoms with Crippen LogP contribution in [0.2, 0.25) is 0 Å². The number of hydrogen-bond acceptors (Lipinski definition) is 2. The van der Waals surface area contributed by atoms with Crippen LogP contribution in [0.4, 0.5) is 0 Å². The van der Waals surface area contributed by atoms with Crippen molar-refractivity contribution in [3.05, 3.63) is 12.2 Å². The summed E-state index contributed by atoms with van der Waals surface area (Å²) in [5.41, 5.74) is 1.60. The van der Waals surface area contributed by atoms with Gasteiger partial charge in [-0.3, -0.25) is 4.79 Å². The van der Waals surface area contributed by atoms with Gasteiger partial charge in [0.1, 0.15) is 0 Å². The summed E-state index contributed by atoms with van der Waals surface area (Å²) < 4.78 is 4.67. The molecule has 0 aromatic carbocycles. The zero-order valence-corrected chi connectivity index (χ0v) is 6.72. The van der Waals surface area contributed by atoms with E-state index in [9.17, 15) is 4.79 Å². The van der Waals surface area contributed by atoms with Gasteiger partial charge in [-0.2, -0.15) is 0 Å². The van der Waals surface area contributed by atoms with E-state index in [2.05, 4.69) is 11.3 Å². The molecule has 0 heterocycles. The molecule has 2 rings (SSSR count). The van der Waals surface area contributed by atoms with Crippen LogP contribution in [0.1, 0.15) is 19.3 Å². The number of ether oxygens (including phenoxy) is 1. The Bertz CT molecular complexity index is 222. The van der Waals surface area contributed by atoms with Gasteiger partial charge in [0.05, 0.1) is 13.0 Å². The topological polar surface area (TPSA) is 26.3 Å². The van der Waals surface area contributed by atoms with E-state index in [-0.39, 0.29) is 11.9 Å². The molecule has 2 fully saturated rings. The lowest BCUT2D eigenvalue weighted by Gasteiger charge is -2.29. The molecule has 2 heteroatoms. The normalized spacial score (nSPS) is 31.4. The maximum absolute atomic E-state index is 11.0. The Kier molecular flexibility index (Phi) is 1.17. The molecular formula is C9H12O2. The number of allylic oxidation sites excluding steroid dienone is 1. The van der Waals surface area contributed by atoms with E-state index in [1.54, 1.807) is 0 Å². The minimum absolute atomic E-state index is 0.0301. The van der Waals surface area contributed by atoms with Gasteiger partial charge in [-0.25, -0.2) is 0 Å². The van der Waals surface area contributed by atoms with Crippen molar-refractivity contribution >= 4 is 5.97 Å². The fraction of sp³-hybridized carbons (Fsp3) is 0.667. The van der Waals surface area contributed by atoms with Crippen molar-refractivity contribution < 1.29 is 9.53 Å².